The number of hydrogen-bond acceptors (Lipinski definition) is 3. The molecule has 0 saturated carbocycles. The average molecular weight is 337 g/mol. The number of sulfonamides is 1. The Hall–Kier alpha value is -1.38. The first-order valence-corrected chi connectivity index (χ1v) is 9.53. The Morgan fingerprint density at radius 2 is 1.78 bits per heavy atom. The Kier molecular flexibility index (Phi) is 6.79. The van der Waals surface area contributed by atoms with E-state index in [4.69, 9.17) is 5.26 Å². The molecule has 0 aliphatic rings. The second-order valence-electron chi connectivity index (χ2n) is 7.19. The summed E-state index contributed by atoms with van der Waals surface area (Å²) in [6.07, 6.45) is 1.21. The van der Waals surface area contributed by atoms with Crippen molar-refractivity contribution in [3.63, 3.8) is 0 Å². The second-order valence-corrected chi connectivity index (χ2v) is 9.12. The summed E-state index contributed by atoms with van der Waals surface area (Å²) < 4.78 is 27.2. The molecule has 0 aliphatic carbocycles. The highest BCUT2D eigenvalue weighted by atomic mass is 32.2. The Morgan fingerprint density at radius 1 is 1.22 bits per heavy atom. The summed E-state index contributed by atoms with van der Waals surface area (Å²) in [5, 5.41) is 8.80. The van der Waals surface area contributed by atoms with E-state index in [2.05, 4.69) is 13.8 Å². The van der Waals surface area contributed by atoms with Crippen molar-refractivity contribution >= 4 is 10.0 Å². The third kappa shape index (κ3) is 5.63. The monoisotopic (exact) mass is 336 g/mol. The molecular weight excluding hydrogens is 308 g/mol. The minimum absolute atomic E-state index is 0.167. The summed E-state index contributed by atoms with van der Waals surface area (Å²) >= 11 is 0. The Balaban J connectivity index is 3.11. The molecule has 4 nitrogen and oxygen atoms in total. The number of nitrogens with zero attached hydrogens (tertiary/aromatic N) is 2. The molecule has 0 heterocycles. The number of nitriles is 1. The molecule has 0 aromatic heterocycles. The molecule has 0 bridgehead atoms. The van der Waals surface area contributed by atoms with Gasteiger partial charge in [0.05, 0.1) is 11.0 Å². The van der Waals surface area contributed by atoms with E-state index in [0.29, 0.717) is 17.4 Å². The molecule has 0 N–H and O–H groups in total. The zero-order valence-electron chi connectivity index (χ0n) is 14.8. The van der Waals surface area contributed by atoms with Crippen molar-refractivity contribution in [1.29, 1.82) is 5.26 Å². The lowest BCUT2D eigenvalue weighted by molar-refractivity contribution is 0.285. The molecule has 1 rings (SSSR count). The summed E-state index contributed by atoms with van der Waals surface area (Å²) in [5.41, 5.74) is 0.977. The first-order valence-electron chi connectivity index (χ1n) is 8.09. The van der Waals surface area contributed by atoms with Crippen LogP contribution < -0.4 is 0 Å². The summed E-state index contributed by atoms with van der Waals surface area (Å²) in [6.45, 7) is 10.8. The van der Waals surface area contributed by atoms with Gasteiger partial charge < -0.3 is 0 Å². The van der Waals surface area contributed by atoms with E-state index >= 15 is 0 Å². The van der Waals surface area contributed by atoms with Gasteiger partial charge in [-0.15, -0.1) is 0 Å². The van der Waals surface area contributed by atoms with Crippen LogP contribution >= 0.6 is 0 Å². The maximum Gasteiger partial charge on any atom is 0.243 e. The third-order valence-electron chi connectivity index (χ3n) is 3.82. The van der Waals surface area contributed by atoms with E-state index in [1.54, 1.807) is 12.1 Å². The minimum Gasteiger partial charge on any atom is -0.207 e. The third-order valence-corrected chi connectivity index (χ3v) is 5.68. The van der Waals surface area contributed by atoms with E-state index in [1.807, 2.05) is 39.0 Å². The van der Waals surface area contributed by atoms with Gasteiger partial charge in [0.1, 0.15) is 0 Å². The highest BCUT2D eigenvalue weighted by Gasteiger charge is 2.28. The Labute approximate surface area is 141 Å². The average Bonchev–Trinajstić information content (AvgIpc) is 2.49. The lowest BCUT2D eigenvalue weighted by atomic mass is 9.97. The standard InChI is InChI=1S/C18H28N2O2S/c1-6-15(2)16-8-10-17(11-9-16)23(21,22)20(13-7-12-19)14-18(3,4)5/h8-11,15H,6-7,13-14H2,1-5H3. The van der Waals surface area contributed by atoms with Crippen LogP contribution in [0.3, 0.4) is 0 Å². The fourth-order valence-corrected chi connectivity index (χ4v) is 4.01. The molecule has 1 unspecified atom stereocenters. The van der Waals surface area contributed by atoms with Gasteiger partial charge in [0.15, 0.2) is 0 Å². The summed E-state index contributed by atoms with van der Waals surface area (Å²) in [4.78, 5) is 0.298. The molecule has 23 heavy (non-hydrogen) atoms. The molecule has 5 heteroatoms. The van der Waals surface area contributed by atoms with Gasteiger partial charge in [0, 0.05) is 19.5 Å². The van der Waals surface area contributed by atoms with Gasteiger partial charge in [-0.3, -0.25) is 0 Å². The highest BCUT2D eigenvalue weighted by molar-refractivity contribution is 7.89. The molecule has 1 aromatic rings. The molecule has 1 atom stereocenters. The van der Waals surface area contributed by atoms with Crippen LogP contribution in [-0.2, 0) is 10.0 Å². The van der Waals surface area contributed by atoms with Crippen LogP contribution in [0, 0.1) is 16.7 Å². The van der Waals surface area contributed by atoms with Crippen molar-refractivity contribution in [1.82, 2.24) is 4.31 Å². The second kappa shape index (κ2) is 7.94. The summed E-state index contributed by atoms with van der Waals surface area (Å²) in [6, 6.07) is 9.17. The molecule has 1 aromatic carbocycles. The molecule has 0 aliphatic heterocycles. The van der Waals surface area contributed by atoms with Gasteiger partial charge in [0.2, 0.25) is 10.0 Å². The van der Waals surface area contributed by atoms with Crippen LogP contribution in [0.2, 0.25) is 0 Å². The number of rotatable bonds is 7. The van der Waals surface area contributed by atoms with Crippen molar-refractivity contribution < 1.29 is 8.42 Å². The van der Waals surface area contributed by atoms with Gasteiger partial charge in [-0.1, -0.05) is 46.8 Å². The van der Waals surface area contributed by atoms with Crippen LogP contribution in [0.4, 0.5) is 0 Å². The van der Waals surface area contributed by atoms with Crippen LogP contribution in [0.1, 0.15) is 58.9 Å². The first-order chi connectivity index (χ1) is 10.6. The number of benzene rings is 1. The normalized spacial score (nSPS) is 13.8. The minimum atomic E-state index is -3.57. The van der Waals surface area contributed by atoms with Gasteiger partial charge >= 0.3 is 0 Å². The maximum absolute atomic E-state index is 12.9. The smallest absolute Gasteiger partial charge is 0.207 e. The van der Waals surface area contributed by atoms with Crippen LogP contribution in [0.25, 0.3) is 0 Å². The molecule has 128 valence electrons. The predicted octanol–water partition coefficient (Wildman–Crippen LogP) is 4.15. The van der Waals surface area contributed by atoms with Crippen molar-refractivity contribution in [2.45, 2.75) is 58.3 Å². The van der Waals surface area contributed by atoms with Gasteiger partial charge in [-0.25, -0.2) is 8.42 Å². The Bertz CT molecular complexity index is 637. The maximum atomic E-state index is 12.9. The van der Waals surface area contributed by atoms with Gasteiger partial charge in [-0.2, -0.15) is 9.57 Å². The van der Waals surface area contributed by atoms with Crippen molar-refractivity contribution in [2.75, 3.05) is 13.1 Å². The SMILES string of the molecule is CCC(C)c1ccc(S(=O)(=O)N(CCC#N)CC(C)(C)C)cc1. The summed E-state index contributed by atoms with van der Waals surface area (Å²) in [5.74, 6) is 0.413. The highest BCUT2D eigenvalue weighted by Crippen LogP contribution is 2.25. The van der Waals surface area contributed by atoms with E-state index < -0.39 is 10.0 Å². The van der Waals surface area contributed by atoms with E-state index in [1.165, 1.54) is 4.31 Å². The lowest BCUT2D eigenvalue weighted by Crippen LogP contribution is -2.38. The largest absolute Gasteiger partial charge is 0.243 e. The first kappa shape index (κ1) is 19.7. The van der Waals surface area contributed by atoms with E-state index in [0.717, 1.165) is 12.0 Å². The molecule has 0 radical (unpaired) electrons. The molecular formula is C18H28N2O2S. The molecule has 0 fully saturated rings. The molecule has 0 amide bonds. The number of hydrogen-bond donors (Lipinski definition) is 0. The fraction of sp³-hybridized carbons (Fsp3) is 0.611. The molecule has 0 saturated heterocycles. The lowest BCUT2D eigenvalue weighted by Gasteiger charge is -2.28. The van der Waals surface area contributed by atoms with Crippen molar-refractivity contribution in [3.8, 4) is 6.07 Å². The van der Waals surface area contributed by atoms with Gasteiger partial charge in [-0.05, 0) is 35.4 Å². The van der Waals surface area contributed by atoms with E-state index in [9.17, 15) is 8.42 Å². The fourth-order valence-electron chi connectivity index (χ4n) is 2.34. The van der Waals surface area contributed by atoms with E-state index in [-0.39, 0.29) is 18.4 Å². The topological polar surface area (TPSA) is 61.2 Å². The summed E-state index contributed by atoms with van der Waals surface area (Å²) in [7, 11) is -3.57. The predicted molar refractivity (Wildman–Crippen MR) is 93.6 cm³/mol. The Morgan fingerprint density at radius 3 is 2.22 bits per heavy atom. The van der Waals surface area contributed by atoms with Crippen LogP contribution in [0.15, 0.2) is 29.2 Å². The quantitative estimate of drug-likeness (QED) is 0.751. The van der Waals surface area contributed by atoms with Crippen LogP contribution in [-0.4, -0.2) is 25.8 Å². The van der Waals surface area contributed by atoms with Crippen LogP contribution in [0.5, 0.6) is 0 Å². The zero-order valence-corrected chi connectivity index (χ0v) is 15.7. The van der Waals surface area contributed by atoms with Gasteiger partial charge in [0.25, 0.3) is 0 Å². The molecule has 0 spiro atoms. The van der Waals surface area contributed by atoms with Crippen molar-refractivity contribution in [3.05, 3.63) is 29.8 Å². The van der Waals surface area contributed by atoms with Crippen molar-refractivity contribution in [2.24, 2.45) is 5.41 Å². The zero-order chi connectivity index (χ0) is 17.7.